The molecule has 0 amide bonds. The molecule has 118 valence electrons. The summed E-state index contributed by atoms with van der Waals surface area (Å²) >= 11 is 7.96. The van der Waals surface area contributed by atoms with Crippen molar-refractivity contribution in [2.45, 2.75) is 39.1 Å². The maximum atomic E-state index is 6.17. The first-order valence-electron chi connectivity index (χ1n) is 7.65. The molecule has 1 unspecified atom stereocenters. The average Bonchev–Trinajstić information content (AvgIpc) is 2.97. The van der Waals surface area contributed by atoms with Crippen molar-refractivity contribution < 1.29 is 0 Å². The summed E-state index contributed by atoms with van der Waals surface area (Å²) in [6, 6.07) is 0. The molecule has 0 N–H and O–H groups in total. The molecule has 6 heteroatoms. The Bertz CT molecular complexity index is 885. The number of aliphatic imine (C=N–C) groups is 1. The van der Waals surface area contributed by atoms with Gasteiger partial charge >= 0.3 is 0 Å². The van der Waals surface area contributed by atoms with Gasteiger partial charge in [0.05, 0.1) is 11.1 Å². The van der Waals surface area contributed by atoms with Crippen molar-refractivity contribution in [2.24, 2.45) is 4.99 Å². The molecule has 23 heavy (non-hydrogen) atoms. The minimum Gasteiger partial charge on any atom is -0.276 e. The number of alkyl halides is 1. The molecular formula is C17H17ClN4S. The van der Waals surface area contributed by atoms with E-state index in [1.165, 1.54) is 21.0 Å². The Labute approximate surface area is 144 Å². The van der Waals surface area contributed by atoms with Crippen molar-refractivity contribution in [3.8, 4) is 5.00 Å². The van der Waals surface area contributed by atoms with Gasteiger partial charge in [-0.05, 0) is 38.3 Å². The molecule has 1 aliphatic carbocycles. The SMILES string of the molecule is Cc1sc2c(c1C)C(C1=CCC(Cl)C=C1)=NCc1nnc(C)n1-2. The number of allylic oxidation sites excluding steroid dienone is 4. The second kappa shape index (κ2) is 5.42. The fourth-order valence-corrected chi connectivity index (χ4v) is 4.44. The van der Waals surface area contributed by atoms with Crippen LogP contribution in [0.25, 0.3) is 5.00 Å². The van der Waals surface area contributed by atoms with Gasteiger partial charge in [0.1, 0.15) is 17.4 Å². The van der Waals surface area contributed by atoms with Crippen molar-refractivity contribution in [3.05, 3.63) is 51.5 Å². The second-order valence-corrected chi connectivity index (χ2v) is 7.66. The lowest BCUT2D eigenvalue weighted by molar-refractivity contribution is 0.869. The number of rotatable bonds is 1. The molecule has 0 saturated carbocycles. The summed E-state index contributed by atoms with van der Waals surface area (Å²) in [4.78, 5) is 6.18. The summed E-state index contributed by atoms with van der Waals surface area (Å²) in [6.45, 7) is 6.87. The number of aryl methyl sites for hydroxylation is 2. The lowest BCUT2D eigenvalue weighted by atomic mass is 9.95. The Morgan fingerprint density at radius 2 is 2.09 bits per heavy atom. The highest BCUT2D eigenvalue weighted by Gasteiger charge is 2.27. The molecule has 3 heterocycles. The van der Waals surface area contributed by atoms with Crippen LogP contribution in [0.5, 0.6) is 0 Å². The van der Waals surface area contributed by atoms with E-state index in [1.54, 1.807) is 11.3 Å². The van der Waals surface area contributed by atoms with Gasteiger partial charge in [-0.25, -0.2) is 0 Å². The van der Waals surface area contributed by atoms with Gasteiger partial charge in [0.2, 0.25) is 0 Å². The summed E-state index contributed by atoms with van der Waals surface area (Å²) in [5, 5.41) is 9.79. The highest BCUT2D eigenvalue weighted by molar-refractivity contribution is 7.15. The van der Waals surface area contributed by atoms with Crippen LogP contribution < -0.4 is 0 Å². The first-order valence-corrected chi connectivity index (χ1v) is 8.90. The van der Waals surface area contributed by atoms with E-state index in [2.05, 4.69) is 40.8 Å². The molecule has 0 fully saturated rings. The normalized spacial score (nSPS) is 19.7. The zero-order valence-electron chi connectivity index (χ0n) is 13.3. The molecule has 0 radical (unpaired) electrons. The van der Waals surface area contributed by atoms with E-state index in [1.807, 2.05) is 13.0 Å². The van der Waals surface area contributed by atoms with Crippen LogP contribution in [-0.4, -0.2) is 25.9 Å². The van der Waals surface area contributed by atoms with E-state index in [9.17, 15) is 0 Å². The van der Waals surface area contributed by atoms with Crippen LogP contribution in [0.3, 0.4) is 0 Å². The van der Waals surface area contributed by atoms with Gasteiger partial charge in [0.15, 0.2) is 5.82 Å². The van der Waals surface area contributed by atoms with Gasteiger partial charge in [-0.3, -0.25) is 9.56 Å². The molecule has 4 nitrogen and oxygen atoms in total. The fraction of sp³-hybridized carbons (Fsp3) is 0.353. The Kier molecular flexibility index (Phi) is 3.50. The van der Waals surface area contributed by atoms with Crippen LogP contribution in [0.15, 0.2) is 28.8 Å². The summed E-state index contributed by atoms with van der Waals surface area (Å²) in [7, 11) is 0. The molecule has 1 aliphatic heterocycles. The lowest BCUT2D eigenvalue weighted by Gasteiger charge is -2.14. The van der Waals surface area contributed by atoms with Crippen LogP contribution in [0, 0.1) is 20.8 Å². The van der Waals surface area contributed by atoms with Crippen LogP contribution in [0.1, 0.15) is 34.1 Å². The third kappa shape index (κ3) is 2.30. The number of thiophene rings is 1. The van der Waals surface area contributed by atoms with Gasteiger partial charge in [0.25, 0.3) is 0 Å². The zero-order chi connectivity index (χ0) is 16.1. The second-order valence-electron chi connectivity index (χ2n) is 5.90. The molecule has 0 bridgehead atoms. The molecule has 0 saturated heterocycles. The van der Waals surface area contributed by atoms with Gasteiger partial charge in [-0.2, -0.15) is 0 Å². The van der Waals surface area contributed by atoms with Crippen molar-refractivity contribution >= 4 is 28.6 Å². The Morgan fingerprint density at radius 1 is 1.26 bits per heavy atom. The van der Waals surface area contributed by atoms with Crippen molar-refractivity contribution in [2.75, 3.05) is 0 Å². The molecule has 0 aromatic carbocycles. The van der Waals surface area contributed by atoms with Gasteiger partial charge in [-0.1, -0.05) is 18.2 Å². The van der Waals surface area contributed by atoms with E-state index < -0.39 is 0 Å². The van der Waals surface area contributed by atoms with Gasteiger partial charge < -0.3 is 0 Å². The van der Waals surface area contributed by atoms with Crippen LogP contribution in [-0.2, 0) is 6.54 Å². The number of hydrogen-bond donors (Lipinski definition) is 0. The monoisotopic (exact) mass is 344 g/mol. The molecule has 2 aliphatic rings. The number of halogens is 1. The van der Waals surface area contributed by atoms with E-state index in [0.717, 1.165) is 29.4 Å². The summed E-state index contributed by atoms with van der Waals surface area (Å²) in [6.07, 6.45) is 7.17. The number of fused-ring (bicyclic) bond motifs is 3. The first-order chi connectivity index (χ1) is 11.1. The first kappa shape index (κ1) is 14.8. The Morgan fingerprint density at radius 3 is 2.83 bits per heavy atom. The minimum absolute atomic E-state index is 0.0804. The molecule has 0 spiro atoms. The van der Waals surface area contributed by atoms with Crippen LogP contribution >= 0.6 is 22.9 Å². The van der Waals surface area contributed by atoms with Gasteiger partial charge in [-0.15, -0.1) is 33.1 Å². The van der Waals surface area contributed by atoms with Crippen molar-refractivity contribution in [3.63, 3.8) is 0 Å². The molecular weight excluding hydrogens is 328 g/mol. The van der Waals surface area contributed by atoms with E-state index in [-0.39, 0.29) is 5.38 Å². The van der Waals surface area contributed by atoms with E-state index in [4.69, 9.17) is 16.6 Å². The fourth-order valence-electron chi connectivity index (χ4n) is 3.05. The topological polar surface area (TPSA) is 43.1 Å². The van der Waals surface area contributed by atoms with Crippen LogP contribution in [0.4, 0.5) is 0 Å². The minimum atomic E-state index is 0.0804. The van der Waals surface area contributed by atoms with Crippen molar-refractivity contribution in [1.82, 2.24) is 14.8 Å². The maximum Gasteiger partial charge on any atom is 0.160 e. The third-order valence-electron chi connectivity index (χ3n) is 4.40. The average molecular weight is 345 g/mol. The smallest absolute Gasteiger partial charge is 0.160 e. The maximum absolute atomic E-state index is 6.17. The van der Waals surface area contributed by atoms with E-state index in [0.29, 0.717) is 6.54 Å². The number of nitrogens with zero attached hydrogens (tertiary/aromatic N) is 4. The summed E-state index contributed by atoms with van der Waals surface area (Å²) < 4.78 is 2.15. The summed E-state index contributed by atoms with van der Waals surface area (Å²) in [5.74, 6) is 1.81. The largest absolute Gasteiger partial charge is 0.276 e. The number of aromatic nitrogens is 3. The molecule has 4 rings (SSSR count). The predicted octanol–water partition coefficient (Wildman–Crippen LogP) is 4.05. The van der Waals surface area contributed by atoms with Crippen molar-refractivity contribution in [1.29, 1.82) is 0 Å². The summed E-state index contributed by atoms with van der Waals surface area (Å²) in [5.41, 5.74) is 4.69. The Balaban J connectivity index is 1.94. The molecule has 2 aromatic heterocycles. The highest BCUT2D eigenvalue weighted by Crippen LogP contribution is 2.36. The highest BCUT2D eigenvalue weighted by atomic mass is 35.5. The number of hydrogen-bond acceptors (Lipinski definition) is 4. The quantitative estimate of drug-likeness (QED) is 0.732. The predicted molar refractivity (Wildman–Crippen MR) is 95.2 cm³/mol. The Hall–Kier alpha value is -1.72. The zero-order valence-corrected chi connectivity index (χ0v) is 14.9. The van der Waals surface area contributed by atoms with Crippen LogP contribution in [0.2, 0.25) is 0 Å². The third-order valence-corrected chi connectivity index (χ3v) is 5.91. The standard InChI is InChI=1S/C17H17ClN4S/c1-9-10(2)23-17-15(9)16(12-4-6-13(18)7-5-12)19-8-14-21-20-11(3)22(14)17/h4-6,13H,7-8H2,1-3H3. The van der Waals surface area contributed by atoms with E-state index >= 15 is 0 Å². The molecule has 1 atom stereocenters. The van der Waals surface area contributed by atoms with Gasteiger partial charge in [0, 0.05) is 10.4 Å². The lowest BCUT2D eigenvalue weighted by Crippen LogP contribution is -2.10. The molecule has 2 aromatic rings.